The molecule has 6 heteroatoms. The standard InChI is InChI=1S/C24H28N4O2/c29-24(30-16-17-5-2-1-3-6-17)19-7-4-8-20-23(19)21(27-26-20)9-12-25-22-15-28-13-10-18(22)11-14-28/h1-8,18,22,25H,9-16H2,(H,26,27). The molecule has 2 aromatic carbocycles. The largest absolute Gasteiger partial charge is 0.457 e. The number of aromatic nitrogens is 2. The lowest BCUT2D eigenvalue weighted by molar-refractivity contribution is 0.0475. The number of piperidine rings is 3. The molecule has 0 amide bonds. The maximum atomic E-state index is 12.8. The molecule has 1 unspecified atom stereocenters. The Morgan fingerprint density at radius 2 is 1.97 bits per heavy atom. The van der Waals surface area contributed by atoms with Crippen molar-refractivity contribution < 1.29 is 9.53 Å². The van der Waals surface area contributed by atoms with Gasteiger partial charge in [-0.2, -0.15) is 5.10 Å². The van der Waals surface area contributed by atoms with Crippen LogP contribution in [0, 0.1) is 5.92 Å². The molecule has 3 saturated heterocycles. The average Bonchev–Trinajstić information content (AvgIpc) is 3.22. The Labute approximate surface area is 176 Å². The molecule has 156 valence electrons. The van der Waals surface area contributed by atoms with E-state index in [9.17, 15) is 4.79 Å². The topological polar surface area (TPSA) is 70.2 Å². The number of hydrogen-bond acceptors (Lipinski definition) is 5. The van der Waals surface area contributed by atoms with Gasteiger partial charge < -0.3 is 15.0 Å². The summed E-state index contributed by atoms with van der Waals surface area (Å²) in [6.07, 6.45) is 3.40. The van der Waals surface area contributed by atoms with Crippen LogP contribution in [0.3, 0.4) is 0 Å². The number of hydrogen-bond donors (Lipinski definition) is 2. The third-order valence-electron chi connectivity index (χ3n) is 6.52. The number of benzene rings is 2. The first-order valence-electron chi connectivity index (χ1n) is 10.9. The molecule has 6 rings (SSSR count). The molecule has 30 heavy (non-hydrogen) atoms. The number of H-pyrrole nitrogens is 1. The molecular formula is C24H28N4O2. The van der Waals surface area contributed by atoms with Gasteiger partial charge >= 0.3 is 5.97 Å². The summed E-state index contributed by atoms with van der Waals surface area (Å²) < 4.78 is 5.58. The molecule has 3 aliphatic heterocycles. The number of nitrogens with zero attached hydrogens (tertiary/aromatic N) is 2. The zero-order valence-corrected chi connectivity index (χ0v) is 17.1. The zero-order valence-electron chi connectivity index (χ0n) is 17.1. The minimum absolute atomic E-state index is 0.268. The van der Waals surface area contributed by atoms with Crippen LogP contribution in [0.15, 0.2) is 48.5 Å². The molecule has 0 spiro atoms. The van der Waals surface area contributed by atoms with Gasteiger partial charge in [0.1, 0.15) is 6.61 Å². The van der Waals surface area contributed by atoms with Crippen molar-refractivity contribution in [1.29, 1.82) is 0 Å². The van der Waals surface area contributed by atoms with Crippen LogP contribution in [0.25, 0.3) is 10.9 Å². The number of carbonyl (C=O) groups excluding carboxylic acids is 1. The van der Waals surface area contributed by atoms with Crippen molar-refractivity contribution in [2.24, 2.45) is 5.92 Å². The molecule has 0 saturated carbocycles. The van der Waals surface area contributed by atoms with E-state index >= 15 is 0 Å². The number of rotatable bonds is 7. The molecule has 1 atom stereocenters. The van der Waals surface area contributed by atoms with Crippen LogP contribution in [-0.4, -0.2) is 53.3 Å². The molecular weight excluding hydrogens is 376 g/mol. The highest BCUT2D eigenvalue weighted by Gasteiger charge is 2.33. The first-order valence-corrected chi connectivity index (χ1v) is 10.9. The maximum Gasteiger partial charge on any atom is 0.339 e. The number of aromatic amines is 1. The Kier molecular flexibility index (Phi) is 5.51. The lowest BCUT2D eigenvalue weighted by Gasteiger charge is -2.45. The van der Waals surface area contributed by atoms with Crippen LogP contribution in [-0.2, 0) is 17.8 Å². The van der Waals surface area contributed by atoms with E-state index in [2.05, 4.69) is 20.4 Å². The summed E-state index contributed by atoms with van der Waals surface area (Å²) in [6.45, 7) is 4.79. The van der Waals surface area contributed by atoms with Gasteiger partial charge in [0.05, 0.1) is 16.8 Å². The fraction of sp³-hybridized carbons (Fsp3) is 0.417. The Hall–Kier alpha value is -2.70. The third-order valence-corrected chi connectivity index (χ3v) is 6.52. The molecule has 1 aromatic heterocycles. The van der Waals surface area contributed by atoms with Crippen LogP contribution < -0.4 is 5.32 Å². The summed E-state index contributed by atoms with van der Waals surface area (Å²) >= 11 is 0. The second-order valence-electron chi connectivity index (χ2n) is 8.41. The average molecular weight is 405 g/mol. The Bertz CT molecular complexity index is 1010. The zero-order chi connectivity index (χ0) is 20.3. The second-order valence-corrected chi connectivity index (χ2v) is 8.41. The van der Waals surface area contributed by atoms with Crippen LogP contribution >= 0.6 is 0 Å². The lowest BCUT2D eigenvalue weighted by atomic mass is 9.84. The van der Waals surface area contributed by atoms with Crippen LogP contribution in [0.2, 0.25) is 0 Å². The van der Waals surface area contributed by atoms with E-state index in [1.165, 1.54) is 25.9 Å². The van der Waals surface area contributed by atoms with Crippen molar-refractivity contribution in [1.82, 2.24) is 20.4 Å². The van der Waals surface area contributed by atoms with E-state index in [4.69, 9.17) is 4.74 Å². The first kappa shape index (κ1) is 19.3. The highest BCUT2D eigenvalue weighted by atomic mass is 16.5. The first-order chi connectivity index (χ1) is 14.8. The van der Waals surface area contributed by atoms with Gasteiger partial charge in [-0.3, -0.25) is 5.10 Å². The van der Waals surface area contributed by atoms with Gasteiger partial charge in [-0.25, -0.2) is 4.79 Å². The quantitative estimate of drug-likeness (QED) is 0.592. The monoisotopic (exact) mass is 404 g/mol. The van der Waals surface area contributed by atoms with Gasteiger partial charge in [0.2, 0.25) is 0 Å². The van der Waals surface area contributed by atoms with E-state index in [-0.39, 0.29) is 12.6 Å². The fourth-order valence-electron chi connectivity index (χ4n) is 4.86. The molecule has 2 N–H and O–H groups in total. The van der Waals surface area contributed by atoms with Crippen LogP contribution in [0.5, 0.6) is 0 Å². The third kappa shape index (κ3) is 3.98. The molecule has 0 aliphatic carbocycles. The normalized spacial score (nSPS) is 23.0. The molecule has 0 radical (unpaired) electrons. The number of carbonyl (C=O) groups is 1. The summed E-state index contributed by atoms with van der Waals surface area (Å²) in [7, 11) is 0. The number of esters is 1. The summed E-state index contributed by atoms with van der Waals surface area (Å²) in [6, 6.07) is 16.0. The molecule has 4 heterocycles. The van der Waals surface area contributed by atoms with Crippen molar-refractivity contribution in [3.63, 3.8) is 0 Å². The Morgan fingerprint density at radius 1 is 1.13 bits per heavy atom. The van der Waals surface area contributed by atoms with Crippen molar-refractivity contribution in [3.8, 4) is 0 Å². The van der Waals surface area contributed by atoms with Crippen LogP contribution in [0.4, 0.5) is 0 Å². The van der Waals surface area contributed by atoms with E-state index in [0.717, 1.165) is 47.6 Å². The minimum Gasteiger partial charge on any atom is -0.457 e. The van der Waals surface area contributed by atoms with Gasteiger partial charge in [0.15, 0.2) is 0 Å². The van der Waals surface area contributed by atoms with E-state index in [1.54, 1.807) is 0 Å². The molecule has 6 nitrogen and oxygen atoms in total. The summed E-state index contributed by atoms with van der Waals surface area (Å²) in [4.78, 5) is 15.4. The van der Waals surface area contributed by atoms with E-state index in [0.29, 0.717) is 11.6 Å². The Morgan fingerprint density at radius 3 is 2.73 bits per heavy atom. The van der Waals surface area contributed by atoms with Crippen molar-refractivity contribution >= 4 is 16.9 Å². The molecule has 3 aliphatic rings. The highest BCUT2D eigenvalue weighted by Crippen LogP contribution is 2.27. The minimum atomic E-state index is -0.308. The number of nitrogens with one attached hydrogen (secondary N) is 2. The van der Waals surface area contributed by atoms with E-state index < -0.39 is 0 Å². The van der Waals surface area contributed by atoms with Gasteiger partial charge in [0, 0.05) is 30.9 Å². The predicted molar refractivity (Wildman–Crippen MR) is 116 cm³/mol. The smallest absolute Gasteiger partial charge is 0.339 e. The maximum absolute atomic E-state index is 12.8. The van der Waals surface area contributed by atoms with Crippen molar-refractivity contribution in [3.05, 3.63) is 65.4 Å². The van der Waals surface area contributed by atoms with Gasteiger partial charge in [-0.15, -0.1) is 0 Å². The number of fused-ring (bicyclic) bond motifs is 4. The van der Waals surface area contributed by atoms with Crippen LogP contribution in [0.1, 0.15) is 34.5 Å². The van der Waals surface area contributed by atoms with Crippen molar-refractivity contribution in [2.75, 3.05) is 26.2 Å². The van der Waals surface area contributed by atoms with Gasteiger partial charge in [0.25, 0.3) is 0 Å². The molecule has 3 fully saturated rings. The van der Waals surface area contributed by atoms with Crippen molar-refractivity contribution in [2.45, 2.75) is 31.9 Å². The summed E-state index contributed by atoms with van der Waals surface area (Å²) in [5.41, 5.74) is 3.36. The Balaban J connectivity index is 1.26. The summed E-state index contributed by atoms with van der Waals surface area (Å²) in [5.74, 6) is 0.493. The van der Waals surface area contributed by atoms with Gasteiger partial charge in [-0.05, 0) is 49.5 Å². The SMILES string of the molecule is O=C(OCc1ccccc1)c1cccc2[nH]nc(CCNC3CN4CCC3CC4)c12. The lowest BCUT2D eigenvalue weighted by Crippen LogP contribution is -2.56. The highest BCUT2D eigenvalue weighted by molar-refractivity contribution is 6.04. The van der Waals surface area contributed by atoms with Gasteiger partial charge in [-0.1, -0.05) is 36.4 Å². The van der Waals surface area contributed by atoms with E-state index in [1.807, 2.05) is 48.5 Å². The predicted octanol–water partition coefficient (Wildman–Crippen LogP) is 3.15. The molecule has 3 aromatic rings. The molecule has 2 bridgehead atoms. The fourth-order valence-corrected chi connectivity index (χ4v) is 4.86. The number of ether oxygens (including phenoxy) is 1. The second kappa shape index (κ2) is 8.58. The summed E-state index contributed by atoms with van der Waals surface area (Å²) in [5, 5.41) is 12.2.